The van der Waals surface area contributed by atoms with Crippen molar-refractivity contribution in [2.24, 2.45) is 0 Å². The van der Waals surface area contributed by atoms with E-state index in [4.69, 9.17) is 0 Å². The van der Waals surface area contributed by atoms with Crippen molar-refractivity contribution in [3.05, 3.63) is 35.5 Å². The van der Waals surface area contributed by atoms with E-state index in [1.807, 2.05) is 12.2 Å². The Kier molecular flexibility index (Phi) is 32.6. The molecule has 0 spiro atoms. The summed E-state index contributed by atoms with van der Waals surface area (Å²) in [5, 5.41) is 19.3. The molecule has 0 bridgehead atoms. The van der Waals surface area contributed by atoms with E-state index in [2.05, 4.69) is 13.8 Å². The van der Waals surface area contributed by atoms with Crippen molar-refractivity contribution in [3.63, 3.8) is 0 Å². The summed E-state index contributed by atoms with van der Waals surface area (Å²) >= 11 is 0. The molecule has 44 heavy (non-hydrogen) atoms. The van der Waals surface area contributed by atoms with E-state index in [0.29, 0.717) is 0 Å². The first kappa shape index (κ1) is 42.2. The molecule has 256 valence electrons. The maximum atomic E-state index is 11.8. The number of unbranched alkanes of at least 4 members (excludes halogenated alkanes) is 28. The molecule has 4 heteroatoms. The number of hydrogen-bond donors (Lipinski definition) is 2. The normalized spacial score (nSPS) is 12.4. The van der Waals surface area contributed by atoms with E-state index in [1.165, 1.54) is 166 Å². The van der Waals surface area contributed by atoms with Crippen molar-refractivity contribution in [2.75, 3.05) is 0 Å². The quantitative estimate of drug-likeness (QED) is 0.0428. The van der Waals surface area contributed by atoms with Gasteiger partial charge in [0, 0.05) is 0 Å². The topological polar surface area (TPSA) is 74.6 Å². The maximum absolute atomic E-state index is 11.8. The number of carboxylic acids is 2. The third-order valence-corrected chi connectivity index (χ3v) is 8.77. The van der Waals surface area contributed by atoms with E-state index in [-0.39, 0.29) is 11.1 Å². The average Bonchev–Trinajstić information content (AvgIpc) is 3.00. The fourth-order valence-corrected chi connectivity index (χ4v) is 5.87. The van der Waals surface area contributed by atoms with E-state index in [0.717, 1.165) is 38.5 Å². The predicted molar refractivity (Wildman–Crippen MR) is 190 cm³/mol. The number of carboxylic acid groups (broad SMARTS) is 2. The number of hydrogen-bond acceptors (Lipinski definition) is 2. The fraction of sp³-hybridized carbons (Fsp3) is 0.800. The Bertz CT molecular complexity index is 686. The van der Waals surface area contributed by atoms with Gasteiger partial charge < -0.3 is 10.2 Å². The van der Waals surface area contributed by atoms with Crippen molar-refractivity contribution in [2.45, 2.75) is 206 Å². The third kappa shape index (κ3) is 28.9. The summed E-state index contributed by atoms with van der Waals surface area (Å²) in [6.45, 7) is 4.53. The molecule has 0 amide bonds. The van der Waals surface area contributed by atoms with Crippen molar-refractivity contribution >= 4 is 11.9 Å². The van der Waals surface area contributed by atoms with Crippen LogP contribution < -0.4 is 0 Å². The van der Waals surface area contributed by atoms with E-state index in [1.54, 1.807) is 0 Å². The van der Waals surface area contributed by atoms with Crippen LogP contribution in [0.25, 0.3) is 0 Å². The van der Waals surface area contributed by atoms with Gasteiger partial charge in [-0.05, 0) is 25.7 Å². The Morgan fingerprint density at radius 3 is 0.773 bits per heavy atom. The molecule has 0 saturated heterocycles. The van der Waals surface area contributed by atoms with Gasteiger partial charge in [0.2, 0.25) is 0 Å². The van der Waals surface area contributed by atoms with Crippen LogP contribution in [-0.4, -0.2) is 22.2 Å². The highest BCUT2D eigenvalue weighted by molar-refractivity contribution is 6.02. The lowest BCUT2D eigenvalue weighted by Gasteiger charge is -2.03. The van der Waals surface area contributed by atoms with Crippen molar-refractivity contribution in [3.8, 4) is 0 Å². The molecule has 0 atom stereocenters. The standard InChI is InChI=1S/C40H72O4/c1-3-5-7-9-11-13-15-17-19-21-23-25-27-29-31-33-35-37(39(41)42)38(40(43)44)36-34-32-30-28-26-24-22-20-18-16-14-12-10-8-6-4-2/h33-36H,3-32H2,1-2H3,(H,41,42)(H,43,44). The zero-order valence-electron chi connectivity index (χ0n) is 29.2. The van der Waals surface area contributed by atoms with Crippen molar-refractivity contribution < 1.29 is 19.8 Å². The van der Waals surface area contributed by atoms with Crippen LogP contribution in [0.4, 0.5) is 0 Å². The predicted octanol–water partition coefficient (Wildman–Crippen LogP) is 13.3. The second-order valence-electron chi connectivity index (χ2n) is 13.0. The molecule has 0 aromatic carbocycles. The fourth-order valence-electron chi connectivity index (χ4n) is 5.87. The van der Waals surface area contributed by atoms with Crippen molar-refractivity contribution in [1.29, 1.82) is 0 Å². The number of aliphatic carboxylic acids is 2. The SMILES string of the molecule is CCCCCCCCCCCCCCCCC=CC(C(=O)O)=C(C=CCCCCCCCCCCCCCCCC)C(=O)O. The Morgan fingerprint density at radius 1 is 0.364 bits per heavy atom. The van der Waals surface area contributed by atoms with Gasteiger partial charge in [-0.25, -0.2) is 9.59 Å². The van der Waals surface area contributed by atoms with Crippen molar-refractivity contribution in [1.82, 2.24) is 0 Å². The number of rotatable bonds is 34. The molecule has 0 aromatic rings. The highest BCUT2D eigenvalue weighted by atomic mass is 16.4. The van der Waals surface area contributed by atoms with Gasteiger partial charge >= 0.3 is 11.9 Å². The zero-order chi connectivity index (χ0) is 32.4. The number of carbonyl (C=O) groups is 2. The van der Waals surface area contributed by atoms with Crippen LogP contribution in [0.15, 0.2) is 35.5 Å². The lowest BCUT2D eigenvalue weighted by Crippen LogP contribution is -2.08. The molecule has 0 aromatic heterocycles. The minimum absolute atomic E-state index is 0.125. The summed E-state index contributed by atoms with van der Waals surface area (Å²) in [6, 6.07) is 0. The molecule has 0 aliphatic rings. The molecule has 0 saturated carbocycles. The second-order valence-corrected chi connectivity index (χ2v) is 13.0. The van der Waals surface area contributed by atoms with Gasteiger partial charge in [-0.15, -0.1) is 0 Å². The molecular formula is C40H72O4. The first-order valence-corrected chi connectivity index (χ1v) is 19.1. The first-order valence-electron chi connectivity index (χ1n) is 19.1. The molecule has 2 N–H and O–H groups in total. The van der Waals surface area contributed by atoms with Gasteiger partial charge in [-0.3, -0.25) is 0 Å². The van der Waals surface area contributed by atoms with Crippen LogP contribution in [-0.2, 0) is 9.59 Å². The molecule has 0 unspecified atom stereocenters. The van der Waals surface area contributed by atoms with Crippen LogP contribution in [0.3, 0.4) is 0 Å². The van der Waals surface area contributed by atoms with Gasteiger partial charge in [0.05, 0.1) is 11.1 Å². The molecule has 0 radical (unpaired) electrons. The van der Waals surface area contributed by atoms with Gasteiger partial charge in [0.25, 0.3) is 0 Å². The molecule has 0 fully saturated rings. The second kappa shape index (κ2) is 34.0. The highest BCUT2D eigenvalue weighted by Crippen LogP contribution is 2.16. The Balaban J connectivity index is 4.02. The summed E-state index contributed by atoms with van der Waals surface area (Å²) in [4.78, 5) is 23.6. The largest absolute Gasteiger partial charge is 0.478 e. The average molecular weight is 617 g/mol. The van der Waals surface area contributed by atoms with Gasteiger partial charge in [-0.2, -0.15) is 0 Å². The molecular weight excluding hydrogens is 544 g/mol. The minimum atomic E-state index is -1.18. The third-order valence-electron chi connectivity index (χ3n) is 8.77. The summed E-state index contributed by atoms with van der Waals surface area (Å²) in [7, 11) is 0. The van der Waals surface area contributed by atoms with Crippen LogP contribution in [0.5, 0.6) is 0 Å². The number of allylic oxidation sites excluding steroid dienone is 2. The van der Waals surface area contributed by atoms with Crippen LogP contribution in [0.2, 0.25) is 0 Å². The molecule has 0 rings (SSSR count). The first-order chi connectivity index (χ1) is 21.5. The smallest absolute Gasteiger partial charge is 0.336 e. The monoisotopic (exact) mass is 617 g/mol. The van der Waals surface area contributed by atoms with Crippen LogP contribution in [0, 0.1) is 0 Å². The van der Waals surface area contributed by atoms with Crippen LogP contribution >= 0.6 is 0 Å². The van der Waals surface area contributed by atoms with Crippen LogP contribution in [0.1, 0.15) is 206 Å². The van der Waals surface area contributed by atoms with E-state index >= 15 is 0 Å². The van der Waals surface area contributed by atoms with Gasteiger partial charge in [-0.1, -0.05) is 205 Å². The Hall–Kier alpha value is -1.84. The van der Waals surface area contributed by atoms with E-state index in [9.17, 15) is 19.8 Å². The lowest BCUT2D eigenvalue weighted by atomic mass is 10.0. The minimum Gasteiger partial charge on any atom is -0.478 e. The summed E-state index contributed by atoms with van der Waals surface area (Å²) < 4.78 is 0. The zero-order valence-corrected chi connectivity index (χ0v) is 29.2. The highest BCUT2D eigenvalue weighted by Gasteiger charge is 2.15. The summed E-state index contributed by atoms with van der Waals surface area (Å²) in [5.41, 5.74) is -0.250. The lowest BCUT2D eigenvalue weighted by molar-refractivity contribution is -0.135. The van der Waals surface area contributed by atoms with E-state index < -0.39 is 11.9 Å². The maximum Gasteiger partial charge on any atom is 0.336 e. The molecule has 0 heterocycles. The molecule has 0 aliphatic carbocycles. The molecule has 4 nitrogen and oxygen atoms in total. The summed E-state index contributed by atoms with van der Waals surface area (Å²) in [6.07, 6.45) is 44.8. The summed E-state index contributed by atoms with van der Waals surface area (Å²) in [5.74, 6) is -2.36. The van der Waals surface area contributed by atoms with Gasteiger partial charge in [0.15, 0.2) is 0 Å². The Labute approximate surface area is 273 Å². The molecule has 0 aliphatic heterocycles. The Morgan fingerprint density at radius 2 is 0.568 bits per heavy atom. The van der Waals surface area contributed by atoms with Gasteiger partial charge in [0.1, 0.15) is 0 Å².